The number of hydrogen-bond acceptors (Lipinski definition) is 0. The van der Waals surface area contributed by atoms with Gasteiger partial charge in [-0.15, -0.1) is 0 Å². The number of rotatable bonds is 7. The molecule has 0 heteroatoms. The molecule has 0 aromatic rings. The lowest BCUT2D eigenvalue weighted by atomic mass is 9.77. The molecule has 0 aliphatic heterocycles. The molecular formula is C15H30. The molecule has 0 amide bonds. The summed E-state index contributed by atoms with van der Waals surface area (Å²) < 4.78 is 0. The molecule has 2 unspecified atom stereocenters. The van der Waals surface area contributed by atoms with Crippen LogP contribution >= 0.6 is 0 Å². The Kier molecular flexibility index (Phi) is 4.26. The van der Waals surface area contributed by atoms with Crippen LogP contribution in [0.4, 0.5) is 0 Å². The third-order valence-corrected chi connectivity index (χ3v) is 4.99. The summed E-state index contributed by atoms with van der Waals surface area (Å²) in [5, 5.41) is 0. The molecule has 1 aliphatic rings. The molecule has 15 heavy (non-hydrogen) atoms. The van der Waals surface area contributed by atoms with E-state index < -0.39 is 0 Å². The maximum atomic E-state index is 2.55. The predicted molar refractivity (Wildman–Crippen MR) is 69.0 cm³/mol. The van der Waals surface area contributed by atoms with Gasteiger partial charge < -0.3 is 0 Å². The zero-order chi connectivity index (χ0) is 11.5. The van der Waals surface area contributed by atoms with Crippen LogP contribution in [0, 0.1) is 16.7 Å². The van der Waals surface area contributed by atoms with Gasteiger partial charge in [-0.2, -0.15) is 0 Å². The minimum absolute atomic E-state index is 0.676. The molecule has 1 saturated carbocycles. The Morgan fingerprint density at radius 3 is 1.87 bits per heavy atom. The van der Waals surface area contributed by atoms with Crippen LogP contribution in [-0.4, -0.2) is 0 Å². The molecule has 0 nitrogen and oxygen atoms in total. The Balaban J connectivity index is 2.60. The lowest BCUT2D eigenvalue weighted by Crippen LogP contribution is -2.19. The largest absolute Gasteiger partial charge is 0.0654 e. The highest BCUT2D eigenvalue weighted by atomic mass is 14.7. The zero-order valence-electron chi connectivity index (χ0n) is 11.5. The van der Waals surface area contributed by atoms with Crippen LogP contribution < -0.4 is 0 Å². The summed E-state index contributed by atoms with van der Waals surface area (Å²) in [5.74, 6) is 0.990. The maximum Gasteiger partial charge on any atom is -0.0238 e. The van der Waals surface area contributed by atoms with E-state index in [2.05, 4.69) is 34.6 Å². The van der Waals surface area contributed by atoms with Crippen LogP contribution in [0.1, 0.15) is 79.6 Å². The SMILES string of the molecule is CCCC(CCC)C1(C)CC1(C)CCC. The zero-order valence-corrected chi connectivity index (χ0v) is 11.5. The van der Waals surface area contributed by atoms with Crippen molar-refractivity contribution in [2.45, 2.75) is 79.6 Å². The summed E-state index contributed by atoms with van der Waals surface area (Å²) in [6.07, 6.45) is 9.90. The third-order valence-electron chi connectivity index (χ3n) is 4.99. The Hall–Kier alpha value is 0. The van der Waals surface area contributed by atoms with E-state index in [9.17, 15) is 0 Å². The van der Waals surface area contributed by atoms with Crippen molar-refractivity contribution in [1.82, 2.24) is 0 Å². The normalized spacial score (nSPS) is 34.8. The summed E-state index contributed by atoms with van der Waals surface area (Å²) in [6.45, 7) is 12.1. The van der Waals surface area contributed by atoms with Crippen molar-refractivity contribution < 1.29 is 0 Å². The fourth-order valence-electron chi connectivity index (χ4n) is 3.81. The highest BCUT2D eigenvalue weighted by Crippen LogP contribution is 2.71. The summed E-state index contributed by atoms with van der Waals surface area (Å²) in [4.78, 5) is 0. The van der Waals surface area contributed by atoms with Gasteiger partial charge >= 0.3 is 0 Å². The predicted octanol–water partition coefficient (Wildman–Crippen LogP) is 5.42. The van der Waals surface area contributed by atoms with Crippen molar-refractivity contribution in [2.24, 2.45) is 16.7 Å². The van der Waals surface area contributed by atoms with Gasteiger partial charge in [0.1, 0.15) is 0 Å². The Labute approximate surface area is 96.8 Å². The monoisotopic (exact) mass is 210 g/mol. The summed E-state index contributed by atoms with van der Waals surface area (Å²) in [7, 11) is 0. The highest BCUT2D eigenvalue weighted by molar-refractivity contribution is 5.11. The van der Waals surface area contributed by atoms with Gasteiger partial charge in [-0.25, -0.2) is 0 Å². The first-order valence-corrected chi connectivity index (χ1v) is 7.04. The van der Waals surface area contributed by atoms with Crippen LogP contribution in [0.5, 0.6) is 0 Å². The van der Waals surface area contributed by atoms with Gasteiger partial charge in [-0.1, -0.05) is 66.7 Å². The summed E-state index contributed by atoms with van der Waals surface area (Å²) in [6, 6.07) is 0. The molecule has 0 bridgehead atoms. The van der Waals surface area contributed by atoms with Crippen molar-refractivity contribution in [1.29, 1.82) is 0 Å². The molecule has 0 heterocycles. The average Bonchev–Trinajstić information content (AvgIpc) is 2.70. The topological polar surface area (TPSA) is 0 Å². The van der Waals surface area contributed by atoms with E-state index in [0.29, 0.717) is 10.8 Å². The van der Waals surface area contributed by atoms with Crippen molar-refractivity contribution in [3.05, 3.63) is 0 Å². The standard InChI is InChI=1S/C15H30/c1-6-9-13(10-7-2)15(5)12-14(15,4)11-8-3/h13H,6-12H2,1-5H3. The van der Waals surface area contributed by atoms with Crippen LogP contribution in [-0.2, 0) is 0 Å². The first kappa shape index (κ1) is 13.1. The fraction of sp³-hybridized carbons (Fsp3) is 1.00. The first-order valence-electron chi connectivity index (χ1n) is 7.04. The molecule has 1 fully saturated rings. The van der Waals surface area contributed by atoms with Gasteiger partial charge in [-0.3, -0.25) is 0 Å². The number of hydrogen-bond donors (Lipinski definition) is 0. The second kappa shape index (κ2) is 4.89. The van der Waals surface area contributed by atoms with Crippen LogP contribution in [0.15, 0.2) is 0 Å². The molecule has 90 valence electrons. The van der Waals surface area contributed by atoms with E-state index in [1.165, 1.54) is 44.9 Å². The van der Waals surface area contributed by atoms with Crippen molar-refractivity contribution in [3.63, 3.8) is 0 Å². The molecule has 1 rings (SSSR count). The first-order chi connectivity index (χ1) is 7.04. The van der Waals surface area contributed by atoms with Crippen molar-refractivity contribution >= 4 is 0 Å². The minimum atomic E-state index is 0.676. The Morgan fingerprint density at radius 1 is 0.933 bits per heavy atom. The molecule has 0 radical (unpaired) electrons. The second-order valence-corrected chi connectivity index (χ2v) is 6.18. The van der Waals surface area contributed by atoms with Gasteiger partial charge in [0.05, 0.1) is 0 Å². The van der Waals surface area contributed by atoms with Gasteiger partial charge in [-0.05, 0) is 29.6 Å². The average molecular weight is 210 g/mol. The van der Waals surface area contributed by atoms with E-state index in [1.54, 1.807) is 0 Å². The van der Waals surface area contributed by atoms with E-state index in [4.69, 9.17) is 0 Å². The second-order valence-electron chi connectivity index (χ2n) is 6.18. The summed E-state index contributed by atoms with van der Waals surface area (Å²) >= 11 is 0. The molecule has 0 aromatic carbocycles. The molecular weight excluding hydrogens is 180 g/mol. The molecule has 1 aliphatic carbocycles. The molecule has 0 N–H and O–H groups in total. The molecule has 0 spiro atoms. The van der Waals surface area contributed by atoms with E-state index in [-0.39, 0.29) is 0 Å². The Bertz CT molecular complexity index is 190. The van der Waals surface area contributed by atoms with Crippen LogP contribution in [0.2, 0.25) is 0 Å². The third kappa shape index (κ3) is 2.40. The van der Waals surface area contributed by atoms with E-state index >= 15 is 0 Å². The van der Waals surface area contributed by atoms with Gasteiger partial charge in [0, 0.05) is 0 Å². The van der Waals surface area contributed by atoms with Gasteiger partial charge in [0.25, 0.3) is 0 Å². The fourth-order valence-corrected chi connectivity index (χ4v) is 3.81. The van der Waals surface area contributed by atoms with Gasteiger partial charge in [0.2, 0.25) is 0 Å². The van der Waals surface area contributed by atoms with Crippen molar-refractivity contribution in [2.75, 3.05) is 0 Å². The lowest BCUT2D eigenvalue weighted by molar-refractivity contribution is 0.217. The Morgan fingerprint density at radius 2 is 1.47 bits per heavy atom. The van der Waals surface area contributed by atoms with Crippen molar-refractivity contribution in [3.8, 4) is 0 Å². The van der Waals surface area contributed by atoms with E-state index in [0.717, 1.165) is 5.92 Å². The van der Waals surface area contributed by atoms with E-state index in [1.807, 2.05) is 0 Å². The molecule has 0 aromatic heterocycles. The lowest BCUT2D eigenvalue weighted by Gasteiger charge is -2.28. The molecule has 2 atom stereocenters. The maximum absolute atomic E-state index is 2.55. The molecule has 0 saturated heterocycles. The van der Waals surface area contributed by atoms with Crippen LogP contribution in [0.25, 0.3) is 0 Å². The van der Waals surface area contributed by atoms with Crippen LogP contribution in [0.3, 0.4) is 0 Å². The minimum Gasteiger partial charge on any atom is -0.0654 e. The quantitative estimate of drug-likeness (QED) is 0.526. The highest BCUT2D eigenvalue weighted by Gasteiger charge is 2.62. The smallest absolute Gasteiger partial charge is 0.0238 e. The summed E-state index contributed by atoms with van der Waals surface area (Å²) in [5.41, 5.74) is 1.35. The van der Waals surface area contributed by atoms with Gasteiger partial charge in [0.15, 0.2) is 0 Å².